The highest BCUT2D eigenvalue weighted by Gasteiger charge is 2.13. The lowest BCUT2D eigenvalue weighted by Crippen LogP contribution is -2.22. The predicted octanol–water partition coefficient (Wildman–Crippen LogP) is 6.36. The Labute approximate surface area is 189 Å². The van der Waals surface area contributed by atoms with Crippen molar-refractivity contribution >= 4 is 44.0 Å². The Morgan fingerprint density at radius 2 is 1.90 bits per heavy atom. The van der Waals surface area contributed by atoms with Gasteiger partial charge in [0.15, 0.2) is 4.96 Å². The molecule has 0 saturated carbocycles. The van der Waals surface area contributed by atoms with Gasteiger partial charge in [-0.25, -0.2) is 4.98 Å². The summed E-state index contributed by atoms with van der Waals surface area (Å²) in [5.41, 5.74) is 5.95. The van der Waals surface area contributed by atoms with E-state index >= 15 is 0 Å². The largest absolute Gasteiger partial charge is 0.348 e. The van der Waals surface area contributed by atoms with Crippen molar-refractivity contribution in [1.82, 2.24) is 14.7 Å². The van der Waals surface area contributed by atoms with Gasteiger partial charge in [-0.3, -0.25) is 9.20 Å². The first-order valence-electron chi connectivity index (χ1n) is 10.1. The van der Waals surface area contributed by atoms with Crippen LogP contribution in [0.3, 0.4) is 0 Å². The van der Waals surface area contributed by atoms with Crippen molar-refractivity contribution in [3.8, 4) is 11.3 Å². The highest BCUT2D eigenvalue weighted by atomic mass is 35.5. The number of aromatic nitrogens is 2. The molecule has 0 fully saturated rings. The normalized spacial score (nSPS) is 11.3. The maximum atomic E-state index is 12.6. The van der Waals surface area contributed by atoms with Crippen molar-refractivity contribution in [1.29, 1.82) is 0 Å². The van der Waals surface area contributed by atoms with Crippen molar-refractivity contribution in [2.24, 2.45) is 0 Å². The summed E-state index contributed by atoms with van der Waals surface area (Å²) in [5.74, 6) is -0.121. The molecule has 0 spiro atoms. The summed E-state index contributed by atoms with van der Waals surface area (Å²) >= 11 is 7.76. The number of imidazole rings is 1. The molecule has 3 aromatic carbocycles. The number of amides is 1. The second-order valence-electron chi connectivity index (χ2n) is 7.39. The fourth-order valence-electron chi connectivity index (χ4n) is 3.61. The number of halogens is 1. The molecule has 5 aromatic rings. The van der Waals surface area contributed by atoms with Crippen molar-refractivity contribution < 1.29 is 4.79 Å². The number of nitrogens with zero attached hydrogens (tertiary/aromatic N) is 2. The molecule has 0 saturated heterocycles. The average molecular weight is 446 g/mol. The zero-order valence-corrected chi connectivity index (χ0v) is 18.5. The molecule has 0 radical (unpaired) electrons. The number of nitrogens with one attached hydrogen (secondary N) is 1. The predicted molar refractivity (Wildman–Crippen MR) is 128 cm³/mol. The Hall–Kier alpha value is -3.15. The molecule has 1 N–H and O–H groups in total. The number of carbonyl (C=O) groups is 1. The van der Waals surface area contributed by atoms with Gasteiger partial charge in [-0.1, -0.05) is 72.3 Å². The second-order valence-corrected chi connectivity index (χ2v) is 8.80. The zero-order valence-electron chi connectivity index (χ0n) is 16.9. The molecular formula is C25H20ClN3OS. The van der Waals surface area contributed by atoms with Crippen LogP contribution < -0.4 is 5.32 Å². The highest BCUT2D eigenvalue weighted by Crippen LogP contribution is 2.30. The Balaban J connectivity index is 1.39. The number of hydrogen-bond acceptors (Lipinski definition) is 3. The molecule has 0 aliphatic carbocycles. The Morgan fingerprint density at radius 1 is 1.10 bits per heavy atom. The van der Waals surface area contributed by atoms with Gasteiger partial charge >= 0.3 is 0 Å². The van der Waals surface area contributed by atoms with Crippen LogP contribution in [0.25, 0.3) is 26.4 Å². The van der Waals surface area contributed by atoms with E-state index in [0.717, 1.165) is 38.4 Å². The van der Waals surface area contributed by atoms with E-state index < -0.39 is 0 Å². The third kappa shape index (κ3) is 3.82. The Bertz CT molecular complexity index is 1400. The molecule has 0 aliphatic heterocycles. The van der Waals surface area contributed by atoms with Crippen LogP contribution in [0.4, 0.5) is 0 Å². The van der Waals surface area contributed by atoms with Gasteiger partial charge in [-0.05, 0) is 41.8 Å². The summed E-state index contributed by atoms with van der Waals surface area (Å²) in [7, 11) is 0. The van der Waals surface area contributed by atoms with Gasteiger partial charge in [0.1, 0.15) is 0 Å². The van der Waals surface area contributed by atoms with E-state index in [1.54, 1.807) is 11.3 Å². The van der Waals surface area contributed by atoms with Crippen LogP contribution in [0.1, 0.15) is 28.4 Å². The molecule has 154 valence electrons. The lowest BCUT2D eigenvalue weighted by atomic mass is 10.1. The van der Waals surface area contributed by atoms with Gasteiger partial charge in [0.25, 0.3) is 5.91 Å². The van der Waals surface area contributed by atoms with Gasteiger partial charge in [-0.15, -0.1) is 0 Å². The summed E-state index contributed by atoms with van der Waals surface area (Å²) < 4.78 is 3.12. The first-order chi connectivity index (χ1) is 15.1. The Kier molecular flexibility index (Phi) is 5.22. The first-order valence-corrected chi connectivity index (χ1v) is 11.3. The molecule has 0 bridgehead atoms. The summed E-state index contributed by atoms with van der Waals surface area (Å²) in [6, 6.07) is 21.8. The molecule has 5 rings (SSSR count). The minimum Gasteiger partial charge on any atom is -0.348 e. The SMILES string of the molecule is CCc1ccc(-c2cn3c(n2)sc2cc(C(=O)NCc4ccccc4Cl)ccc23)cc1. The minimum atomic E-state index is -0.121. The molecule has 2 heterocycles. The topological polar surface area (TPSA) is 46.4 Å². The van der Waals surface area contributed by atoms with Gasteiger partial charge in [-0.2, -0.15) is 0 Å². The number of hydrogen-bond donors (Lipinski definition) is 1. The lowest BCUT2D eigenvalue weighted by molar-refractivity contribution is 0.0951. The van der Waals surface area contributed by atoms with Crippen LogP contribution in [0.15, 0.2) is 72.9 Å². The van der Waals surface area contributed by atoms with Crippen LogP contribution in [-0.4, -0.2) is 15.3 Å². The number of carbonyl (C=O) groups excluding carboxylic acids is 1. The second kappa shape index (κ2) is 8.17. The molecule has 0 atom stereocenters. The molecule has 2 aromatic heterocycles. The monoisotopic (exact) mass is 445 g/mol. The van der Waals surface area contributed by atoms with Crippen molar-refractivity contribution in [2.45, 2.75) is 19.9 Å². The summed E-state index contributed by atoms with van der Waals surface area (Å²) in [6.45, 7) is 2.55. The van der Waals surface area contributed by atoms with E-state index in [0.29, 0.717) is 17.1 Å². The maximum absolute atomic E-state index is 12.6. The summed E-state index contributed by atoms with van der Waals surface area (Å²) in [4.78, 5) is 18.4. The van der Waals surface area contributed by atoms with Crippen LogP contribution >= 0.6 is 22.9 Å². The van der Waals surface area contributed by atoms with Crippen LogP contribution in [0.2, 0.25) is 5.02 Å². The standard InChI is InChI=1S/C25H20ClN3OS/c1-2-16-7-9-17(10-8-16)21-15-29-22-12-11-18(13-23(22)31-25(29)28-21)24(30)27-14-19-5-3-4-6-20(19)26/h3-13,15H,2,14H2,1H3,(H,27,30). The number of thiazole rings is 1. The van der Waals surface area contributed by atoms with E-state index in [4.69, 9.17) is 16.6 Å². The van der Waals surface area contributed by atoms with Crippen molar-refractivity contribution in [3.63, 3.8) is 0 Å². The molecule has 1 amide bonds. The molecule has 31 heavy (non-hydrogen) atoms. The Morgan fingerprint density at radius 3 is 2.68 bits per heavy atom. The summed E-state index contributed by atoms with van der Waals surface area (Å²) in [6.07, 6.45) is 3.09. The number of aryl methyl sites for hydroxylation is 1. The summed E-state index contributed by atoms with van der Waals surface area (Å²) in [5, 5.41) is 3.60. The molecule has 0 aliphatic rings. The van der Waals surface area contributed by atoms with Crippen LogP contribution in [0.5, 0.6) is 0 Å². The molecule has 0 unspecified atom stereocenters. The number of rotatable bonds is 5. The average Bonchev–Trinajstić information content (AvgIpc) is 3.36. The fraction of sp³-hybridized carbons (Fsp3) is 0.120. The molecular weight excluding hydrogens is 426 g/mol. The number of fused-ring (bicyclic) bond motifs is 3. The minimum absolute atomic E-state index is 0.121. The third-order valence-corrected chi connectivity index (χ3v) is 6.80. The van der Waals surface area contributed by atoms with E-state index in [-0.39, 0.29) is 5.91 Å². The quantitative estimate of drug-likeness (QED) is 0.342. The highest BCUT2D eigenvalue weighted by molar-refractivity contribution is 7.23. The van der Waals surface area contributed by atoms with Gasteiger partial charge in [0, 0.05) is 28.9 Å². The lowest BCUT2D eigenvalue weighted by Gasteiger charge is -2.07. The molecule has 6 heteroatoms. The van der Waals surface area contributed by atoms with Crippen LogP contribution in [0, 0.1) is 0 Å². The maximum Gasteiger partial charge on any atom is 0.251 e. The third-order valence-electron chi connectivity index (χ3n) is 5.41. The van der Waals surface area contributed by atoms with E-state index in [1.165, 1.54) is 5.56 Å². The van der Waals surface area contributed by atoms with Gasteiger partial charge in [0.05, 0.1) is 15.9 Å². The van der Waals surface area contributed by atoms with Gasteiger partial charge in [0.2, 0.25) is 0 Å². The first kappa shape index (κ1) is 19.8. The van der Waals surface area contributed by atoms with Crippen molar-refractivity contribution in [3.05, 3.63) is 94.6 Å². The van der Waals surface area contributed by atoms with Crippen molar-refractivity contribution in [2.75, 3.05) is 0 Å². The smallest absolute Gasteiger partial charge is 0.251 e. The van der Waals surface area contributed by atoms with E-state index in [9.17, 15) is 4.79 Å². The number of benzene rings is 3. The van der Waals surface area contributed by atoms with Crippen LogP contribution in [-0.2, 0) is 13.0 Å². The molecule has 4 nitrogen and oxygen atoms in total. The zero-order chi connectivity index (χ0) is 21.4. The van der Waals surface area contributed by atoms with E-state index in [2.05, 4.69) is 47.1 Å². The van der Waals surface area contributed by atoms with E-state index in [1.807, 2.05) is 42.5 Å². The fourth-order valence-corrected chi connectivity index (χ4v) is 4.86. The van der Waals surface area contributed by atoms with Gasteiger partial charge < -0.3 is 5.32 Å².